The van der Waals surface area contributed by atoms with E-state index >= 15 is 0 Å². The molecule has 0 bridgehead atoms. The van der Waals surface area contributed by atoms with Gasteiger partial charge >= 0.3 is 0 Å². The SMILES string of the molecule is CCCCCC(CCC)CN(CCCC)CCCC. The Balaban J connectivity index is 4.10. The lowest BCUT2D eigenvalue weighted by molar-refractivity contribution is 0.209. The zero-order valence-corrected chi connectivity index (χ0v) is 14.2. The molecular formula is C18H39N. The van der Waals surface area contributed by atoms with Crippen molar-refractivity contribution in [3.05, 3.63) is 0 Å². The van der Waals surface area contributed by atoms with E-state index in [2.05, 4.69) is 32.6 Å². The van der Waals surface area contributed by atoms with Crippen LogP contribution in [0.4, 0.5) is 0 Å². The van der Waals surface area contributed by atoms with Crippen LogP contribution in [-0.2, 0) is 0 Å². The molecule has 0 saturated heterocycles. The van der Waals surface area contributed by atoms with Gasteiger partial charge in [0.25, 0.3) is 0 Å². The molecule has 1 unspecified atom stereocenters. The first kappa shape index (κ1) is 19.0. The normalized spacial score (nSPS) is 13.1. The van der Waals surface area contributed by atoms with Crippen LogP contribution in [-0.4, -0.2) is 24.5 Å². The zero-order valence-electron chi connectivity index (χ0n) is 14.2. The van der Waals surface area contributed by atoms with Crippen molar-refractivity contribution >= 4 is 0 Å². The van der Waals surface area contributed by atoms with Gasteiger partial charge in [-0.3, -0.25) is 0 Å². The third-order valence-electron chi connectivity index (χ3n) is 4.09. The van der Waals surface area contributed by atoms with Crippen molar-refractivity contribution in [1.29, 1.82) is 0 Å². The minimum absolute atomic E-state index is 0.949. The zero-order chi connectivity index (χ0) is 14.3. The van der Waals surface area contributed by atoms with Crippen molar-refractivity contribution < 1.29 is 0 Å². The van der Waals surface area contributed by atoms with Gasteiger partial charge in [-0.15, -0.1) is 0 Å². The van der Waals surface area contributed by atoms with E-state index in [9.17, 15) is 0 Å². The first-order valence-electron chi connectivity index (χ1n) is 9.00. The molecular weight excluding hydrogens is 230 g/mol. The number of hydrogen-bond acceptors (Lipinski definition) is 1. The molecule has 0 heterocycles. The molecule has 0 spiro atoms. The molecule has 0 fully saturated rings. The molecule has 0 aliphatic heterocycles. The van der Waals surface area contributed by atoms with E-state index in [0.29, 0.717) is 0 Å². The molecule has 19 heavy (non-hydrogen) atoms. The average molecular weight is 270 g/mol. The van der Waals surface area contributed by atoms with E-state index in [-0.39, 0.29) is 0 Å². The molecule has 1 atom stereocenters. The minimum atomic E-state index is 0.949. The van der Waals surface area contributed by atoms with Gasteiger partial charge in [-0.2, -0.15) is 0 Å². The van der Waals surface area contributed by atoms with Crippen molar-refractivity contribution in [1.82, 2.24) is 4.90 Å². The van der Waals surface area contributed by atoms with Gasteiger partial charge in [0.2, 0.25) is 0 Å². The molecule has 0 aromatic heterocycles. The molecule has 0 N–H and O–H groups in total. The highest BCUT2D eigenvalue weighted by atomic mass is 15.1. The fourth-order valence-electron chi connectivity index (χ4n) is 2.84. The second-order valence-electron chi connectivity index (χ2n) is 6.16. The van der Waals surface area contributed by atoms with E-state index in [1.54, 1.807) is 0 Å². The van der Waals surface area contributed by atoms with Gasteiger partial charge in [-0.05, 0) is 44.7 Å². The summed E-state index contributed by atoms with van der Waals surface area (Å²) in [5.41, 5.74) is 0. The topological polar surface area (TPSA) is 3.24 Å². The highest BCUT2D eigenvalue weighted by molar-refractivity contribution is 4.67. The van der Waals surface area contributed by atoms with Crippen LogP contribution in [0.25, 0.3) is 0 Å². The molecule has 0 radical (unpaired) electrons. The van der Waals surface area contributed by atoms with Crippen LogP contribution in [0.3, 0.4) is 0 Å². The molecule has 116 valence electrons. The molecule has 1 heteroatoms. The van der Waals surface area contributed by atoms with E-state index in [1.165, 1.54) is 83.8 Å². The van der Waals surface area contributed by atoms with Crippen LogP contribution in [0, 0.1) is 5.92 Å². The summed E-state index contributed by atoms with van der Waals surface area (Å²) in [6.07, 6.45) is 13.9. The summed E-state index contributed by atoms with van der Waals surface area (Å²) in [5, 5.41) is 0. The second kappa shape index (κ2) is 14.4. The summed E-state index contributed by atoms with van der Waals surface area (Å²) in [6, 6.07) is 0. The Morgan fingerprint density at radius 1 is 0.632 bits per heavy atom. The number of unbranched alkanes of at least 4 members (excludes halogenated alkanes) is 4. The predicted molar refractivity (Wildman–Crippen MR) is 88.8 cm³/mol. The number of rotatable bonds is 14. The summed E-state index contributed by atoms with van der Waals surface area (Å²) in [6.45, 7) is 13.3. The van der Waals surface area contributed by atoms with Crippen LogP contribution in [0.15, 0.2) is 0 Å². The molecule has 0 aromatic rings. The summed E-state index contributed by atoms with van der Waals surface area (Å²) in [5.74, 6) is 0.949. The lowest BCUT2D eigenvalue weighted by Crippen LogP contribution is -2.31. The van der Waals surface area contributed by atoms with Crippen LogP contribution in [0.2, 0.25) is 0 Å². The quantitative estimate of drug-likeness (QED) is 0.356. The largest absolute Gasteiger partial charge is 0.303 e. The Kier molecular flexibility index (Phi) is 14.3. The monoisotopic (exact) mass is 269 g/mol. The minimum Gasteiger partial charge on any atom is -0.303 e. The number of nitrogens with zero attached hydrogens (tertiary/aromatic N) is 1. The molecule has 1 nitrogen and oxygen atoms in total. The Labute approximate surface area is 123 Å². The molecule has 0 aliphatic rings. The fourth-order valence-corrected chi connectivity index (χ4v) is 2.84. The molecule has 0 rings (SSSR count). The third kappa shape index (κ3) is 11.5. The van der Waals surface area contributed by atoms with E-state index in [1.807, 2.05) is 0 Å². The van der Waals surface area contributed by atoms with E-state index in [0.717, 1.165) is 5.92 Å². The maximum atomic E-state index is 2.75. The maximum Gasteiger partial charge on any atom is 0.000965 e. The summed E-state index contributed by atoms with van der Waals surface area (Å²) >= 11 is 0. The average Bonchev–Trinajstić information content (AvgIpc) is 2.42. The van der Waals surface area contributed by atoms with Gasteiger partial charge in [-0.25, -0.2) is 0 Å². The Hall–Kier alpha value is -0.0400. The second-order valence-corrected chi connectivity index (χ2v) is 6.16. The van der Waals surface area contributed by atoms with Crippen molar-refractivity contribution in [2.24, 2.45) is 5.92 Å². The van der Waals surface area contributed by atoms with Gasteiger partial charge in [-0.1, -0.05) is 66.2 Å². The van der Waals surface area contributed by atoms with E-state index in [4.69, 9.17) is 0 Å². The lowest BCUT2D eigenvalue weighted by Gasteiger charge is -2.27. The van der Waals surface area contributed by atoms with Gasteiger partial charge < -0.3 is 4.90 Å². The maximum absolute atomic E-state index is 2.75. The Morgan fingerprint density at radius 3 is 1.68 bits per heavy atom. The highest BCUT2D eigenvalue weighted by Gasteiger charge is 2.13. The fraction of sp³-hybridized carbons (Fsp3) is 1.00. The van der Waals surface area contributed by atoms with Gasteiger partial charge in [0, 0.05) is 6.54 Å². The molecule has 0 aromatic carbocycles. The molecule has 0 amide bonds. The van der Waals surface area contributed by atoms with Crippen LogP contribution < -0.4 is 0 Å². The highest BCUT2D eigenvalue weighted by Crippen LogP contribution is 2.18. The van der Waals surface area contributed by atoms with Crippen molar-refractivity contribution in [3.63, 3.8) is 0 Å². The van der Waals surface area contributed by atoms with Gasteiger partial charge in [0.1, 0.15) is 0 Å². The summed E-state index contributed by atoms with van der Waals surface area (Å²) in [4.78, 5) is 2.75. The molecule has 0 aliphatic carbocycles. The third-order valence-corrected chi connectivity index (χ3v) is 4.09. The summed E-state index contributed by atoms with van der Waals surface area (Å²) < 4.78 is 0. The summed E-state index contributed by atoms with van der Waals surface area (Å²) in [7, 11) is 0. The van der Waals surface area contributed by atoms with Crippen molar-refractivity contribution in [2.75, 3.05) is 19.6 Å². The predicted octanol–water partition coefficient (Wildman–Crippen LogP) is 5.89. The van der Waals surface area contributed by atoms with Gasteiger partial charge in [0.15, 0.2) is 0 Å². The van der Waals surface area contributed by atoms with E-state index < -0.39 is 0 Å². The Bertz CT molecular complexity index is 159. The first-order valence-corrected chi connectivity index (χ1v) is 9.00. The molecule has 0 saturated carbocycles. The Morgan fingerprint density at radius 2 is 1.21 bits per heavy atom. The standard InChI is InChI=1S/C18H39N/c1-5-9-12-14-18(13-8-4)17-19(15-10-6-2)16-11-7-3/h18H,5-17H2,1-4H3. The van der Waals surface area contributed by atoms with Crippen molar-refractivity contribution in [3.8, 4) is 0 Å². The lowest BCUT2D eigenvalue weighted by atomic mass is 9.95. The van der Waals surface area contributed by atoms with Gasteiger partial charge in [0.05, 0.1) is 0 Å². The van der Waals surface area contributed by atoms with Crippen LogP contribution in [0.1, 0.15) is 91.9 Å². The van der Waals surface area contributed by atoms with Crippen LogP contribution in [0.5, 0.6) is 0 Å². The first-order chi connectivity index (χ1) is 9.28. The van der Waals surface area contributed by atoms with Crippen LogP contribution >= 0.6 is 0 Å². The smallest absolute Gasteiger partial charge is 0.000965 e. The van der Waals surface area contributed by atoms with Crippen molar-refractivity contribution in [2.45, 2.75) is 91.9 Å². The number of hydrogen-bond donors (Lipinski definition) is 0.